The largest absolute Gasteiger partial charge is 0.476 e. The van der Waals surface area contributed by atoms with Gasteiger partial charge in [0.25, 0.3) is 0 Å². The lowest BCUT2D eigenvalue weighted by Crippen LogP contribution is -2.14. The summed E-state index contributed by atoms with van der Waals surface area (Å²) in [7, 11) is 1.48. The van der Waals surface area contributed by atoms with E-state index in [2.05, 4.69) is 20.4 Å². The number of nitrogens with zero attached hydrogens (tertiary/aromatic N) is 6. The first-order valence-electron chi connectivity index (χ1n) is 5.68. The number of aromatic carboxylic acids is 1. The normalized spacial score (nSPS) is 10.8. The fourth-order valence-corrected chi connectivity index (χ4v) is 1.71. The first kappa shape index (κ1) is 13.1. The molecule has 0 saturated heterocycles. The molecule has 2 heterocycles. The second kappa shape index (κ2) is 5.57. The molecular weight excluding hydrogens is 252 g/mol. The van der Waals surface area contributed by atoms with Crippen LogP contribution in [0, 0.1) is 0 Å². The zero-order valence-electron chi connectivity index (χ0n) is 10.6. The number of methoxy groups -OCH3 is 1. The quantitative estimate of drug-likeness (QED) is 0.770. The minimum Gasteiger partial charge on any atom is -0.476 e. The van der Waals surface area contributed by atoms with E-state index in [1.54, 1.807) is 4.68 Å². The van der Waals surface area contributed by atoms with E-state index in [0.717, 1.165) is 0 Å². The molecule has 9 heteroatoms. The zero-order chi connectivity index (χ0) is 13.8. The molecule has 2 aromatic heterocycles. The molecular formula is C10H14N6O3. The smallest absolute Gasteiger partial charge is 0.358 e. The van der Waals surface area contributed by atoms with Gasteiger partial charge in [0.15, 0.2) is 5.69 Å². The van der Waals surface area contributed by atoms with Gasteiger partial charge in [-0.1, -0.05) is 5.21 Å². The van der Waals surface area contributed by atoms with Gasteiger partial charge in [0.1, 0.15) is 18.7 Å². The molecule has 0 spiro atoms. The molecule has 9 nitrogen and oxygen atoms in total. The van der Waals surface area contributed by atoms with Crippen LogP contribution in [0.2, 0.25) is 0 Å². The van der Waals surface area contributed by atoms with Crippen molar-refractivity contribution in [3.05, 3.63) is 23.5 Å². The molecule has 102 valence electrons. The summed E-state index contributed by atoms with van der Waals surface area (Å²) in [5, 5.41) is 20.6. The van der Waals surface area contributed by atoms with E-state index in [0.29, 0.717) is 24.6 Å². The van der Waals surface area contributed by atoms with Crippen molar-refractivity contribution in [2.75, 3.05) is 7.11 Å². The van der Waals surface area contributed by atoms with E-state index < -0.39 is 5.97 Å². The molecule has 0 atom stereocenters. The molecule has 2 rings (SSSR count). The standard InChI is InChI=1S/C10H14N6O3/c1-3-15-8(11-6-12-15)4-16-7(5-19-2)9(10(17)18)13-14-16/h6H,3-5H2,1-2H3,(H,17,18). The van der Waals surface area contributed by atoms with Gasteiger partial charge < -0.3 is 9.84 Å². The van der Waals surface area contributed by atoms with Crippen molar-refractivity contribution in [2.45, 2.75) is 26.6 Å². The maximum atomic E-state index is 11.0. The molecule has 0 fully saturated rings. The summed E-state index contributed by atoms with van der Waals surface area (Å²) in [6, 6.07) is 0. The Bertz CT molecular complexity index is 576. The van der Waals surface area contributed by atoms with Crippen molar-refractivity contribution in [3.8, 4) is 0 Å². The number of aromatic nitrogens is 6. The van der Waals surface area contributed by atoms with E-state index in [4.69, 9.17) is 9.84 Å². The number of carbonyl (C=O) groups is 1. The van der Waals surface area contributed by atoms with E-state index in [9.17, 15) is 4.79 Å². The van der Waals surface area contributed by atoms with Crippen molar-refractivity contribution >= 4 is 5.97 Å². The third kappa shape index (κ3) is 2.60. The molecule has 0 aliphatic carbocycles. The summed E-state index contributed by atoms with van der Waals surface area (Å²) in [6.45, 7) is 3.04. The Hall–Kier alpha value is -2.29. The van der Waals surface area contributed by atoms with Crippen LogP contribution in [0.15, 0.2) is 6.33 Å². The highest BCUT2D eigenvalue weighted by Gasteiger charge is 2.19. The third-order valence-electron chi connectivity index (χ3n) is 2.61. The minimum absolute atomic E-state index is 0.107. The van der Waals surface area contributed by atoms with Gasteiger partial charge >= 0.3 is 5.97 Å². The molecule has 0 saturated carbocycles. The lowest BCUT2D eigenvalue weighted by molar-refractivity contribution is 0.0684. The summed E-state index contributed by atoms with van der Waals surface area (Å²) in [5.41, 5.74) is 0.296. The Labute approximate surface area is 108 Å². The molecule has 0 aliphatic rings. The van der Waals surface area contributed by atoms with Crippen LogP contribution in [0.5, 0.6) is 0 Å². The van der Waals surface area contributed by atoms with Gasteiger partial charge in [0.05, 0.1) is 12.3 Å². The van der Waals surface area contributed by atoms with E-state index >= 15 is 0 Å². The number of carboxylic acids is 1. The molecule has 0 radical (unpaired) electrons. The molecule has 0 amide bonds. The van der Waals surface area contributed by atoms with Crippen LogP contribution in [0.4, 0.5) is 0 Å². The van der Waals surface area contributed by atoms with Crippen LogP contribution < -0.4 is 0 Å². The second-order valence-corrected chi connectivity index (χ2v) is 3.77. The highest BCUT2D eigenvalue weighted by atomic mass is 16.5. The number of carboxylic acid groups (broad SMARTS) is 1. The van der Waals surface area contributed by atoms with Gasteiger partial charge in [-0.2, -0.15) is 5.10 Å². The van der Waals surface area contributed by atoms with Crippen LogP contribution in [0.25, 0.3) is 0 Å². The molecule has 0 aromatic carbocycles. The van der Waals surface area contributed by atoms with Crippen LogP contribution in [-0.4, -0.2) is 47.9 Å². The predicted octanol–water partition coefficient (Wildman–Crippen LogP) is -0.218. The third-order valence-corrected chi connectivity index (χ3v) is 2.61. The number of ether oxygens (including phenoxy) is 1. The van der Waals surface area contributed by atoms with Crippen LogP contribution >= 0.6 is 0 Å². The maximum Gasteiger partial charge on any atom is 0.358 e. The van der Waals surface area contributed by atoms with E-state index in [1.165, 1.54) is 18.1 Å². The van der Waals surface area contributed by atoms with Gasteiger partial charge in [0.2, 0.25) is 0 Å². The summed E-state index contributed by atoms with van der Waals surface area (Å²) in [5.74, 6) is -0.447. The van der Waals surface area contributed by atoms with Gasteiger partial charge in [-0.15, -0.1) is 5.10 Å². The van der Waals surface area contributed by atoms with Crippen molar-refractivity contribution in [2.24, 2.45) is 0 Å². The molecule has 19 heavy (non-hydrogen) atoms. The Morgan fingerprint density at radius 2 is 2.26 bits per heavy atom. The highest BCUT2D eigenvalue weighted by molar-refractivity contribution is 5.86. The summed E-state index contributed by atoms with van der Waals surface area (Å²) < 4.78 is 8.15. The predicted molar refractivity (Wildman–Crippen MR) is 62.5 cm³/mol. The highest BCUT2D eigenvalue weighted by Crippen LogP contribution is 2.09. The van der Waals surface area contributed by atoms with Gasteiger partial charge in [0, 0.05) is 13.7 Å². The fourth-order valence-electron chi connectivity index (χ4n) is 1.71. The number of hydrogen-bond donors (Lipinski definition) is 1. The van der Waals surface area contributed by atoms with Crippen molar-refractivity contribution in [3.63, 3.8) is 0 Å². The Morgan fingerprint density at radius 1 is 1.47 bits per heavy atom. The van der Waals surface area contributed by atoms with Gasteiger partial charge in [-0.3, -0.25) is 0 Å². The van der Waals surface area contributed by atoms with Crippen molar-refractivity contribution < 1.29 is 14.6 Å². The summed E-state index contributed by atoms with van der Waals surface area (Å²) in [6.07, 6.45) is 1.45. The number of aryl methyl sites for hydroxylation is 1. The molecule has 0 aliphatic heterocycles. The monoisotopic (exact) mass is 266 g/mol. The first-order valence-corrected chi connectivity index (χ1v) is 5.68. The molecule has 0 unspecified atom stereocenters. The van der Waals surface area contributed by atoms with Crippen LogP contribution in [-0.2, 0) is 24.4 Å². The molecule has 0 bridgehead atoms. The topological polar surface area (TPSA) is 108 Å². The average molecular weight is 266 g/mol. The summed E-state index contributed by atoms with van der Waals surface area (Å²) >= 11 is 0. The van der Waals surface area contributed by atoms with Crippen LogP contribution in [0.1, 0.15) is 28.9 Å². The van der Waals surface area contributed by atoms with Crippen LogP contribution in [0.3, 0.4) is 0 Å². The maximum absolute atomic E-state index is 11.0. The lowest BCUT2D eigenvalue weighted by atomic mass is 10.3. The summed E-state index contributed by atoms with van der Waals surface area (Å²) in [4.78, 5) is 15.1. The van der Waals surface area contributed by atoms with E-state index in [1.807, 2.05) is 6.92 Å². The Kier molecular flexibility index (Phi) is 3.85. The first-order chi connectivity index (χ1) is 9.17. The van der Waals surface area contributed by atoms with E-state index in [-0.39, 0.29) is 12.3 Å². The fraction of sp³-hybridized carbons (Fsp3) is 0.500. The Morgan fingerprint density at radius 3 is 2.89 bits per heavy atom. The van der Waals surface area contributed by atoms with Gasteiger partial charge in [-0.05, 0) is 6.92 Å². The number of rotatable bonds is 6. The molecule has 2 aromatic rings. The SMILES string of the molecule is CCn1ncnc1Cn1nnc(C(=O)O)c1COC. The zero-order valence-corrected chi connectivity index (χ0v) is 10.6. The average Bonchev–Trinajstić information content (AvgIpc) is 2.98. The Balaban J connectivity index is 2.32. The lowest BCUT2D eigenvalue weighted by Gasteiger charge is -2.06. The molecule has 1 N–H and O–H groups in total. The van der Waals surface area contributed by atoms with Crippen molar-refractivity contribution in [1.82, 2.24) is 29.8 Å². The van der Waals surface area contributed by atoms with Crippen molar-refractivity contribution in [1.29, 1.82) is 0 Å². The second-order valence-electron chi connectivity index (χ2n) is 3.77. The minimum atomic E-state index is -1.13. The van der Waals surface area contributed by atoms with Gasteiger partial charge in [-0.25, -0.2) is 19.1 Å². The number of hydrogen-bond acceptors (Lipinski definition) is 6.